The molecule has 0 unspecified atom stereocenters. The molecule has 0 aliphatic heterocycles. The third kappa shape index (κ3) is 2.54. The molecule has 0 N–H and O–H groups in total. The number of methoxy groups -OCH3 is 2. The molecule has 0 aromatic heterocycles. The Morgan fingerprint density at radius 2 is 0.812 bits per heavy atom. The highest BCUT2D eigenvalue weighted by molar-refractivity contribution is 6.45. The van der Waals surface area contributed by atoms with Gasteiger partial charge in [-0.2, -0.15) is 0 Å². The molecule has 6 rings (SSSR count). The minimum absolute atomic E-state index is 0.705. The van der Waals surface area contributed by atoms with Crippen molar-refractivity contribution in [1.29, 1.82) is 0 Å². The van der Waals surface area contributed by atoms with Crippen molar-refractivity contribution >= 4 is 77.1 Å². The first-order valence-electron chi connectivity index (χ1n) is 10.3. The second kappa shape index (κ2) is 7.16. The first kappa shape index (κ1) is 19.5. The minimum atomic E-state index is 0.705. The lowest BCUT2D eigenvalue weighted by molar-refractivity contribution is 0.420. The molecule has 2 nitrogen and oxygen atoms in total. The summed E-state index contributed by atoms with van der Waals surface area (Å²) in [6, 6.07) is 24.6. The fourth-order valence-corrected chi connectivity index (χ4v) is 5.56. The van der Waals surface area contributed by atoms with E-state index in [1.807, 2.05) is 24.3 Å². The molecule has 0 heterocycles. The Labute approximate surface area is 194 Å². The maximum absolute atomic E-state index is 6.78. The molecule has 0 saturated heterocycles. The van der Waals surface area contributed by atoms with E-state index in [0.717, 1.165) is 65.4 Å². The molecule has 0 radical (unpaired) electrons. The third-order valence-corrected chi connectivity index (χ3v) is 7.01. The van der Waals surface area contributed by atoms with E-state index in [-0.39, 0.29) is 0 Å². The van der Waals surface area contributed by atoms with Crippen LogP contribution in [0.25, 0.3) is 53.9 Å². The van der Waals surface area contributed by atoms with Crippen LogP contribution in [0.4, 0.5) is 0 Å². The quantitative estimate of drug-likeness (QED) is 0.242. The van der Waals surface area contributed by atoms with Crippen LogP contribution in [0.3, 0.4) is 0 Å². The van der Waals surface area contributed by atoms with Crippen LogP contribution in [-0.2, 0) is 0 Å². The molecule has 6 aromatic carbocycles. The molecule has 0 saturated carbocycles. The summed E-state index contributed by atoms with van der Waals surface area (Å²) in [6.07, 6.45) is 0. The minimum Gasteiger partial charge on any atom is -0.496 e. The molecule has 0 atom stereocenters. The summed E-state index contributed by atoms with van der Waals surface area (Å²) in [6.45, 7) is 0. The van der Waals surface area contributed by atoms with Crippen LogP contribution in [0.5, 0.6) is 11.5 Å². The van der Waals surface area contributed by atoms with Crippen molar-refractivity contribution in [3.63, 3.8) is 0 Å². The topological polar surface area (TPSA) is 18.5 Å². The summed E-state index contributed by atoms with van der Waals surface area (Å²) in [5, 5.41) is 12.1. The second-order valence-electron chi connectivity index (χ2n) is 7.87. The van der Waals surface area contributed by atoms with E-state index in [9.17, 15) is 0 Å². The normalized spacial score (nSPS) is 11.8. The lowest BCUT2D eigenvalue weighted by atomic mass is 9.88. The monoisotopic (exact) mass is 456 g/mol. The molecule has 0 amide bonds. The summed E-state index contributed by atoms with van der Waals surface area (Å²) < 4.78 is 11.3. The standard InChI is InChI=1S/C28H18Cl2O2/c1-31-23-13-11-21(29)27-19(23)9-7-17-18-8-10-20-24(32-2)14-12-22(30)28(20)26(18)16-6-4-3-5-15(16)25(17)27/h3-14H,1-2H3. The molecule has 0 fully saturated rings. The fraction of sp³-hybridized carbons (Fsp3) is 0.0714. The van der Waals surface area contributed by atoms with Gasteiger partial charge in [0.1, 0.15) is 11.5 Å². The van der Waals surface area contributed by atoms with Crippen molar-refractivity contribution in [2.75, 3.05) is 14.2 Å². The predicted molar refractivity (Wildman–Crippen MR) is 137 cm³/mol. The number of halogens is 2. The van der Waals surface area contributed by atoms with Crippen LogP contribution in [-0.4, -0.2) is 14.2 Å². The number of rotatable bonds is 2. The van der Waals surface area contributed by atoms with Crippen molar-refractivity contribution in [2.45, 2.75) is 0 Å². The molecule has 6 aromatic rings. The molecule has 0 spiro atoms. The van der Waals surface area contributed by atoms with E-state index in [0.29, 0.717) is 10.0 Å². The average Bonchev–Trinajstić information content (AvgIpc) is 2.83. The van der Waals surface area contributed by atoms with Gasteiger partial charge >= 0.3 is 0 Å². The van der Waals surface area contributed by atoms with Gasteiger partial charge in [0.2, 0.25) is 0 Å². The van der Waals surface area contributed by atoms with E-state index in [2.05, 4.69) is 48.5 Å². The molecule has 0 aliphatic rings. The number of benzene rings is 6. The molecular formula is C28H18Cl2O2. The first-order chi connectivity index (χ1) is 15.6. The van der Waals surface area contributed by atoms with Gasteiger partial charge in [0.25, 0.3) is 0 Å². The maximum atomic E-state index is 6.78. The lowest BCUT2D eigenvalue weighted by Gasteiger charge is -2.17. The average molecular weight is 457 g/mol. The van der Waals surface area contributed by atoms with Crippen molar-refractivity contribution < 1.29 is 9.47 Å². The van der Waals surface area contributed by atoms with Gasteiger partial charge in [-0.15, -0.1) is 0 Å². The zero-order chi connectivity index (χ0) is 22.0. The summed E-state index contributed by atoms with van der Waals surface area (Å²) in [5.74, 6) is 1.61. The fourth-order valence-electron chi connectivity index (χ4n) is 5.04. The van der Waals surface area contributed by atoms with Crippen LogP contribution in [0, 0.1) is 0 Å². The highest BCUT2D eigenvalue weighted by Gasteiger charge is 2.18. The van der Waals surface area contributed by atoms with E-state index in [1.54, 1.807) is 14.2 Å². The van der Waals surface area contributed by atoms with Gasteiger partial charge in [-0.05, 0) is 68.7 Å². The Kier molecular flexibility index (Phi) is 4.36. The lowest BCUT2D eigenvalue weighted by Crippen LogP contribution is -1.91. The summed E-state index contributed by atoms with van der Waals surface area (Å²) in [7, 11) is 3.37. The van der Waals surface area contributed by atoms with Crippen molar-refractivity contribution in [3.8, 4) is 11.5 Å². The highest BCUT2D eigenvalue weighted by atomic mass is 35.5. The summed E-state index contributed by atoms with van der Waals surface area (Å²) in [5.41, 5.74) is 0. The Balaban J connectivity index is 1.98. The number of fused-ring (bicyclic) bond motifs is 10. The Bertz CT molecular complexity index is 1570. The molecule has 32 heavy (non-hydrogen) atoms. The van der Waals surface area contributed by atoms with Crippen molar-refractivity contribution in [3.05, 3.63) is 82.8 Å². The predicted octanol–water partition coefficient (Wildman–Crippen LogP) is 8.78. The van der Waals surface area contributed by atoms with Crippen LogP contribution >= 0.6 is 23.2 Å². The van der Waals surface area contributed by atoms with Gasteiger partial charge in [0.05, 0.1) is 14.2 Å². The van der Waals surface area contributed by atoms with E-state index >= 15 is 0 Å². The zero-order valence-electron chi connectivity index (χ0n) is 17.5. The van der Waals surface area contributed by atoms with E-state index in [4.69, 9.17) is 32.7 Å². The molecule has 4 heteroatoms. The molecule has 156 valence electrons. The SMILES string of the molecule is COc1ccc(Cl)c2c1ccc1c3ccc4c(OC)ccc(Cl)c4c3c3ccccc3c12. The first-order valence-corrected chi connectivity index (χ1v) is 11.1. The van der Waals surface area contributed by atoms with E-state index in [1.165, 1.54) is 0 Å². The summed E-state index contributed by atoms with van der Waals surface area (Å²) >= 11 is 13.6. The Morgan fingerprint density at radius 3 is 1.22 bits per heavy atom. The second-order valence-corrected chi connectivity index (χ2v) is 8.68. The van der Waals surface area contributed by atoms with Gasteiger partial charge in [-0.25, -0.2) is 0 Å². The van der Waals surface area contributed by atoms with Gasteiger partial charge in [0, 0.05) is 31.6 Å². The van der Waals surface area contributed by atoms with Crippen LogP contribution < -0.4 is 9.47 Å². The Morgan fingerprint density at radius 1 is 0.438 bits per heavy atom. The van der Waals surface area contributed by atoms with Gasteiger partial charge in [-0.3, -0.25) is 0 Å². The smallest absolute Gasteiger partial charge is 0.126 e. The van der Waals surface area contributed by atoms with Gasteiger partial charge in [0.15, 0.2) is 0 Å². The number of ether oxygens (including phenoxy) is 2. The zero-order valence-corrected chi connectivity index (χ0v) is 19.0. The van der Waals surface area contributed by atoms with Gasteiger partial charge < -0.3 is 9.47 Å². The van der Waals surface area contributed by atoms with E-state index < -0.39 is 0 Å². The van der Waals surface area contributed by atoms with Crippen LogP contribution in [0.1, 0.15) is 0 Å². The molecule has 0 bridgehead atoms. The van der Waals surface area contributed by atoms with Crippen LogP contribution in [0.2, 0.25) is 10.0 Å². The maximum Gasteiger partial charge on any atom is 0.126 e. The van der Waals surface area contributed by atoms with Crippen molar-refractivity contribution in [2.24, 2.45) is 0 Å². The number of hydrogen-bond acceptors (Lipinski definition) is 2. The third-order valence-electron chi connectivity index (χ3n) is 6.38. The molecule has 0 aliphatic carbocycles. The van der Waals surface area contributed by atoms with Crippen LogP contribution in [0.15, 0.2) is 72.8 Å². The van der Waals surface area contributed by atoms with Gasteiger partial charge in [-0.1, -0.05) is 59.6 Å². The largest absolute Gasteiger partial charge is 0.496 e. The van der Waals surface area contributed by atoms with Crippen molar-refractivity contribution in [1.82, 2.24) is 0 Å². The number of hydrogen-bond donors (Lipinski definition) is 0. The molecular weight excluding hydrogens is 439 g/mol. The highest BCUT2D eigenvalue weighted by Crippen LogP contribution is 2.46. The summed E-state index contributed by atoms with van der Waals surface area (Å²) in [4.78, 5) is 0. The Hall–Kier alpha value is -3.20.